The van der Waals surface area contributed by atoms with Gasteiger partial charge >= 0.3 is 0 Å². The Balaban J connectivity index is 1.97. The van der Waals surface area contributed by atoms with Crippen molar-refractivity contribution in [3.63, 3.8) is 0 Å². The first-order valence-electron chi connectivity index (χ1n) is 7.48. The number of ether oxygens (including phenoxy) is 1. The van der Waals surface area contributed by atoms with Gasteiger partial charge in [0, 0.05) is 46.3 Å². The fourth-order valence-corrected chi connectivity index (χ4v) is 2.21. The number of nitrogens with zero attached hydrogens (tertiary/aromatic N) is 1. The lowest BCUT2D eigenvalue weighted by atomic mass is 10.1. The fraction of sp³-hybridized carbons (Fsp3) is 0.857. The van der Waals surface area contributed by atoms with Crippen LogP contribution in [0.3, 0.4) is 0 Å². The molecule has 1 heterocycles. The third-order valence-electron chi connectivity index (χ3n) is 3.36. The van der Waals surface area contributed by atoms with E-state index in [9.17, 15) is 9.59 Å². The van der Waals surface area contributed by atoms with Crippen LogP contribution in [-0.2, 0) is 14.3 Å². The summed E-state index contributed by atoms with van der Waals surface area (Å²) >= 11 is 0. The van der Waals surface area contributed by atoms with Crippen LogP contribution in [0.4, 0.5) is 0 Å². The zero-order valence-corrected chi connectivity index (χ0v) is 12.5. The van der Waals surface area contributed by atoms with Gasteiger partial charge in [0.05, 0.1) is 6.54 Å². The summed E-state index contributed by atoms with van der Waals surface area (Å²) in [5.41, 5.74) is 0. The van der Waals surface area contributed by atoms with Gasteiger partial charge < -0.3 is 20.3 Å². The van der Waals surface area contributed by atoms with E-state index in [2.05, 4.69) is 10.6 Å². The molecule has 6 nitrogen and oxygen atoms in total. The predicted octanol–water partition coefficient (Wildman–Crippen LogP) is 0.131. The smallest absolute Gasteiger partial charge is 0.233 e. The Labute approximate surface area is 121 Å². The number of hydrogen-bond acceptors (Lipinski definition) is 4. The van der Waals surface area contributed by atoms with Crippen LogP contribution in [0, 0.1) is 0 Å². The first-order valence-corrected chi connectivity index (χ1v) is 7.48. The predicted molar refractivity (Wildman–Crippen MR) is 77.4 cm³/mol. The van der Waals surface area contributed by atoms with Gasteiger partial charge in [0.1, 0.15) is 0 Å². The highest BCUT2D eigenvalue weighted by Gasteiger charge is 2.15. The van der Waals surface area contributed by atoms with Crippen LogP contribution in [-0.4, -0.2) is 63.2 Å². The lowest BCUT2D eigenvalue weighted by molar-refractivity contribution is -0.132. The van der Waals surface area contributed by atoms with Gasteiger partial charge in [-0.1, -0.05) is 0 Å². The first kappa shape index (κ1) is 16.9. The molecule has 2 N–H and O–H groups in total. The number of amides is 2. The van der Waals surface area contributed by atoms with Crippen LogP contribution < -0.4 is 10.6 Å². The van der Waals surface area contributed by atoms with E-state index in [-0.39, 0.29) is 18.4 Å². The van der Waals surface area contributed by atoms with E-state index in [1.165, 1.54) is 6.42 Å². The monoisotopic (exact) mass is 285 g/mol. The lowest BCUT2D eigenvalue weighted by Gasteiger charge is -2.26. The highest BCUT2D eigenvalue weighted by atomic mass is 16.5. The van der Waals surface area contributed by atoms with Gasteiger partial charge in [-0.25, -0.2) is 0 Å². The summed E-state index contributed by atoms with van der Waals surface area (Å²) in [6.45, 7) is 3.87. The maximum atomic E-state index is 11.9. The molecule has 0 bridgehead atoms. The number of methoxy groups -OCH3 is 1. The van der Waals surface area contributed by atoms with Gasteiger partial charge in [-0.3, -0.25) is 9.59 Å². The van der Waals surface area contributed by atoms with Crippen LogP contribution in [0.5, 0.6) is 0 Å². The van der Waals surface area contributed by atoms with E-state index in [1.54, 1.807) is 7.11 Å². The number of likely N-dealkylation sites (tertiary alicyclic amines) is 1. The summed E-state index contributed by atoms with van der Waals surface area (Å²) in [7, 11) is 1.64. The molecule has 0 radical (unpaired) electrons. The highest BCUT2D eigenvalue weighted by Crippen LogP contribution is 2.09. The Morgan fingerprint density at radius 3 is 2.60 bits per heavy atom. The van der Waals surface area contributed by atoms with E-state index >= 15 is 0 Å². The molecule has 0 atom stereocenters. The molecular weight excluding hydrogens is 258 g/mol. The van der Waals surface area contributed by atoms with Crippen molar-refractivity contribution < 1.29 is 14.3 Å². The second-order valence-corrected chi connectivity index (χ2v) is 5.06. The molecule has 0 aliphatic carbocycles. The summed E-state index contributed by atoms with van der Waals surface area (Å²) < 4.78 is 4.90. The second kappa shape index (κ2) is 10.6. The van der Waals surface area contributed by atoms with Gasteiger partial charge in [0.2, 0.25) is 11.8 Å². The Hall–Kier alpha value is -1.14. The van der Waals surface area contributed by atoms with Crippen LogP contribution in [0.1, 0.15) is 32.1 Å². The zero-order valence-electron chi connectivity index (χ0n) is 12.5. The summed E-state index contributed by atoms with van der Waals surface area (Å²) in [6, 6.07) is 0. The molecule has 0 aromatic rings. The summed E-state index contributed by atoms with van der Waals surface area (Å²) in [5, 5.41) is 5.80. The van der Waals surface area contributed by atoms with E-state index in [4.69, 9.17) is 4.74 Å². The molecule has 0 aromatic carbocycles. The SMILES string of the molecule is COCCCNC(=O)CNCCC(=O)N1CCCCC1. The van der Waals surface area contributed by atoms with Gasteiger partial charge in [0.15, 0.2) is 0 Å². The van der Waals surface area contributed by atoms with Crippen molar-refractivity contribution in [2.75, 3.05) is 46.4 Å². The van der Waals surface area contributed by atoms with Gasteiger partial charge in [-0.2, -0.15) is 0 Å². The van der Waals surface area contributed by atoms with Crippen LogP contribution in [0.25, 0.3) is 0 Å². The molecule has 0 spiro atoms. The third kappa shape index (κ3) is 7.45. The zero-order chi connectivity index (χ0) is 14.6. The van der Waals surface area contributed by atoms with Crippen LogP contribution in [0.15, 0.2) is 0 Å². The molecule has 0 unspecified atom stereocenters. The van der Waals surface area contributed by atoms with Crippen molar-refractivity contribution in [2.45, 2.75) is 32.1 Å². The largest absolute Gasteiger partial charge is 0.385 e. The molecule has 1 aliphatic heterocycles. The van der Waals surface area contributed by atoms with E-state index < -0.39 is 0 Å². The van der Waals surface area contributed by atoms with E-state index in [0.717, 1.165) is 32.4 Å². The Morgan fingerprint density at radius 2 is 1.90 bits per heavy atom. The van der Waals surface area contributed by atoms with Crippen molar-refractivity contribution in [3.05, 3.63) is 0 Å². The number of rotatable bonds is 9. The molecular formula is C14H27N3O3. The minimum Gasteiger partial charge on any atom is -0.385 e. The average Bonchev–Trinajstić information content (AvgIpc) is 2.49. The molecule has 6 heteroatoms. The standard InChI is InChI=1S/C14H27N3O3/c1-20-11-5-7-16-13(18)12-15-8-6-14(19)17-9-3-2-4-10-17/h15H,2-12H2,1H3,(H,16,18). The molecule has 1 saturated heterocycles. The van der Waals surface area contributed by atoms with Crippen LogP contribution in [0.2, 0.25) is 0 Å². The lowest BCUT2D eigenvalue weighted by Crippen LogP contribution is -2.39. The normalized spacial score (nSPS) is 15.2. The molecule has 116 valence electrons. The third-order valence-corrected chi connectivity index (χ3v) is 3.36. The van der Waals surface area contributed by atoms with Crippen molar-refractivity contribution in [2.24, 2.45) is 0 Å². The number of carbonyl (C=O) groups excluding carboxylic acids is 2. The summed E-state index contributed by atoms with van der Waals surface area (Å²) in [6.07, 6.45) is 4.74. The molecule has 1 fully saturated rings. The second-order valence-electron chi connectivity index (χ2n) is 5.06. The minimum absolute atomic E-state index is 0.0356. The quantitative estimate of drug-likeness (QED) is 0.591. The van der Waals surface area contributed by atoms with Crippen molar-refractivity contribution in [1.29, 1.82) is 0 Å². The Morgan fingerprint density at radius 1 is 1.15 bits per heavy atom. The molecule has 1 rings (SSSR count). The van der Waals surface area contributed by atoms with Crippen molar-refractivity contribution in [3.8, 4) is 0 Å². The van der Waals surface area contributed by atoms with E-state index in [0.29, 0.717) is 26.1 Å². The number of nitrogens with one attached hydrogen (secondary N) is 2. The molecule has 0 saturated carbocycles. The van der Waals surface area contributed by atoms with Crippen molar-refractivity contribution in [1.82, 2.24) is 15.5 Å². The molecule has 2 amide bonds. The van der Waals surface area contributed by atoms with Crippen molar-refractivity contribution >= 4 is 11.8 Å². The average molecular weight is 285 g/mol. The summed E-state index contributed by atoms with van der Waals surface area (Å²) in [5.74, 6) is 0.157. The number of carbonyl (C=O) groups is 2. The minimum atomic E-state index is -0.0356. The highest BCUT2D eigenvalue weighted by molar-refractivity contribution is 5.78. The van der Waals surface area contributed by atoms with Gasteiger partial charge in [-0.15, -0.1) is 0 Å². The summed E-state index contributed by atoms with van der Waals surface area (Å²) in [4.78, 5) is 25.2. The Kier molecular flexibility index (Phi) is 8.98. The maximum Gasteiger partial charge on any atom is 0.233 e. The van der Waals surface area contributed by atoms with Gasteiger partial charge in [0.25, 0.3) is 0 Å². The first-order chi connectivity index (χ1) is 9.74. The molecule has 20 heavy (non-hydrogen) atoms. The van der Waals surface area contributed by atoms with Gasteiger partial charge in [-0.05, 0) is 25.7 Å². The maximum absolute atomic E-state index is 11.9. The van der Waals surface area contributed by atoms with E-state index in [1.807, 2.05) is 4.90 Å². The fourth-order valence-electron chi connectivity index (χ4n) is 2.21. The molecule has 0 aromatic heterocycles. The number of piperidine rings is 1. The van der Waals surface area contributed by atoms with Crippen LogP contribution >= 0.6 is 0 Å². The molecule has 1 aliphatic rings. The number of hydrogen-bond donors (Lipinski definition) is 2. The Bertz CT molecular complexity index is 291. The topological polar surface area (TPSA) is 70.7 Å².